The number of aromatic amines is 1. The number of benzene rings is 1. The maximum absolute atomic E-state index is 12.7. The number of hydrogen-bond acceptors (Lipinski definition) is 6. The summed E-state index contributed by atoms with van der Waals surface area (Å²) in [6, 6.07) is 8.74. The van der Waals surface area contributed by atoms with Gasteiger partial charge >= 0.3 is 11.9 Å². The number of aromatic nitrogens is 1. The number of H-pyrrole nitrogens is 1. The second-order valence-corrected chi connectivity index (χ2v) is 5.78. The summed E-state index contributed by atoms with van der Waals surface area (Å²) >= 11 is 0. The Kier molecular flexibility index (Phi) is 7.08. The molecule has 8 nitrogen and oxygen atoms in total. The van der Waals surface area contributed by atoms with Crippen molar-refractivity contribution >= 4 is 23.6 Å². The largest absolute Gasteiger partial charge is 0.465 e. The van der Waals surface area contributed by atoms with Crippen LogP contribution >= 0.6 is 0 Å². The second-order valence-electron chi connectivity index (χ2n) is 5.78. The lowest BCUT2D eigenvalue weighted by Crippen LogP contribution is -2.36. The maximum atomic E-state index is 12.7. The summed E-state index contributed by atoms with van der Waals surface area (Å²) in [5.41, 5.74) is 1.41. The number of aryl methyl sites for hydroxylation is 1. The van der Waals surface area contributed by atoms with Crippen LogP contribution in [0.4, 0.5) is 0 Å². The molecule has 0 unspecified atom stereocenters. The van der Waals surface area contributed by atoms with Crippen molar-refractivity contribution in [2.75, 3.05) is 19.8 Å². The number of carbonyl (C=O) groups excluding carboxylic acids is 4. The zero-order valence-corrected chi connectivity index (χ0v) is 16.0. The van der Waals surface area contributed by atoms with Gasteiger partial charge in [0.25, 0.3) is 11.7 Å². The minimum absolute atomic E-state index is 0.0480. The van der Waals surface area contributed by atoms with Gasteiger partial charge in [0.1, 0.15) is 12.2 Å². The molecular formula is C20H22N2O6. The molecule has 1 aromatic heterocycles. The molecule has 0 saturated heterocycles. The Bertz CT molecular complexity index is 886. The highest BCUT2D eigenvalue weighted by molar-refractivity contribution is 6.44. The third-order valence-corrected chi connectivity index (χ3v) is 3.86. The monoisotopic (exact) mass is 386 g/mol. The molecule has 148 valence electrons. The van der Waals surface area contributed by atoms with Crippen LogP contribution in [0.2, 0.25) is 0 Å². The molecule has 0 aliphatic rings. The fraction of sp³-hybridized carbons (Fsp3) is 0.300. The number of ether oxygens (including phenoxy) is 2. The standard InChI is InChI=1S/C20H22N2O6/c1-4-27-14(23)11-21-19(25)18(24)17-16(13-9-7-6-8-10-13)15(12(3)22-17)20(26)28-5-2/h6-10,22H,4-5,11H2,1-3H3,(H,21,25). The highest BCUT2D eigenvalue weighted by atomic mass is 16.5. The highest BCUT2D eigenvalue weighted by Crippen LogP contribution is 2.31. The molecular weight excluding hydrogens is 364 g/mol. The van der Waals surface area contributed by atoms with Crippen molar-refractivity contribution in [3.8, 4) is 11.1 Å². The summed E-state index contributed by atoms with van der Waals surface area (Å²) in [6.45, 7) is 4.84. The number of hydrogen-bond donors (Lipinski definition) is 2. The molecule has 28 heavy (non-hydrogen) atoms. The lowest BCUT2D eigenvalue weighted by Gasteiger charge is -2.08. The van der Waals surface area contributed by atoms with Gasteiger partial charge in [-0.05, 0) is 26.3 Å². The van der Waals surface area contributed by atoms with Crippen LogP contribution in [0.25, 0.3) is 11.1 Å². The van der Waals surface area contributed by atoms with Gasteiger partial charge in [-0.1, -0.05) is 30.3 Å². The van der Waals surface area contributed by atoms with E-state index in [-0.39, 0.29) is 30.0 Å². The van der Waals surface area contributed by atoms with Crippen molar-refractivity contribution in [3.63, 3.8) is 0 Å². The van der Waals surface area contributed by atoms with Crippen LogP contribution in [0.15, 0.2) is 30.3 Å². The van der Waals surface area contributed by atoms with Crippen molar-refractivity contribution < 1.29 is 28.7 Å². The van der Waals surface area contributed by atoms with E-state index in [1.54, 1.807) is 51.1 Å². The first-order valence-electron chi connectivity index (χ1n) is 8.83. The Labute approximate surface area is 162 Å². The smallest absolute Gasteiger partial charge is 0.340 e. The second kappa shape index (κ2) is 9.50. The molecule has 1 heterocycles. The Balaban J connectivity index is 2.42. The molecule has 0 fully saturated rings. The number of rotatable bonds is 8. The normalized spacial score (nSPS) is 10.2. The number of nitrogens with one attached hydrogen (secondary N) is 2. The van der Waals surface area contributed by atoms with Crippen LogP contribution in [-0.2, 0) is 19.1 Å². The molecule has 0 bridgehead atoms. The van der Waals surface area contributed by atoms with Crippen LogP contribution in [0.3, 0.4) is 0 Å². The molecule has 0 aliphatic carbocycles. The summed E-state index contributed by atoms with van der Waals surface area (Å²) in [6.07, 6.45) is 0. The van der Waals surface area contributed by atoms with E-state index in [2.05, 4.69) is 10.3 Å². The van der Waals surface area contributed by atoms with E-state index in [9.17, 15) is 19.2 Å². The Morgan fingerprint density at radius 1 is 1.00 bits per heavy atom. The molecule has 1 amide bonds. The minimum Gasteiger partial charge on any atom is -0.465 e. The molecule has 0 aliphatic heterocycles. The molecule has 2 N–H and O–H groups in total. The van der Waals surface area contributed by atoms with Crippen molar-refractivity contribution in [2.45, 2.75) is 20.8 Å². The maximum Gasteiger partial charge on any atom is 0.340 e. The first-order valence-corrected chi connectivity index (χ1v) is 8.83. The average Bonchev–Trinajstić information content (AvgIpc) is 3.03. The third-order valence-electron chi connectivity index (χ3n) is 3.86. The first kappa shape index (κ1) is 20.9. The molecule has 2 aromatic rings. The number of amides is 1. The van der Waals surface area contributed by atoms with E-state index in [4.69, 9.17) is 9.47 Å². The van der Waals surface area contributed by atoms with E-state index in [0.717, 1.165) is 0 Å². The molecule has 1 aromatic carbocycles. The Hall–Kier alpha value is -3.42. The lowest BCUT2D eigenvalue weighted by atomic mass is 9.98. The van der Waals surface area contributed by atoms with E-state index in [1.165, 1.54) is 0 Å². The summed E-state index contributed by atoms with van der Waals surface area (Å²) in [7, 11) is 0. The number of Topliss-reactive ketones (excluding diaryl/α,β-unsaturated/α-hetero) is 1. The zero-order chi connectivity index (χ0) is 20.7. The SMILES string of the molecule is CCOC(=O)CNC(=O)C(=O)c1[nH]c(C)c(C(=O)OCC)c1-c1ccccc1. The van der Waals surface area contributed by atoms with Crippen LogP contribution in [0.1, 0.15) is 40.4 Å². The molecule has 0 atom stereocenters. The first-order chi connectivity index (χ1) is 13.4. The summed E-state index contributed by atoms with van der Waals surface area (Å²) in [4.78, 5) is 51.6. The van der Waals surface area contributed by atoms with Crippen LogP contribution < -0.4 is 5.32 Å². The average molecular weight is 386 g/mol. The molecule has 0 radical (unpaired) electrons. The fourth-order valence-electron chi connectivity index (χ4n) is 2.71. The van der Waals surface area contributed by atoms with Gasteiger partial charge in [0.05, 0.1) is 18.8 Å². The van der Waals surface area contributed by atoms with E-state index in [1.807, 2.05) is 0 Å². The van der Waals surface area contributed by atoms with E-state index < -0.39 is 30.2 Å². The third kappa shape index (κ3) is 4.64. The van der Waals surface area contributed by atoms with Crippen molar-refractivity contribution in [3.05, 3.63) is 47.3 Å². The topological polar surface area (TPSA) is 115 Å². The van der Waals surface area contributed by atoms with Gasteiger partial charge in [0.15, 0.2) is 0 Å². The van der Waals surface area contributed by atoms with Gasteiger partial charge in [0, 0.05) is 11.3 Å². The lowest BCUT2D eigenvalue weighted by molar-refractivity contribution is -0.143. The molecule has 2 rings (SSSR count). The van der Waals surface area contributed by atoms with Gasteiger partial charge in [-0.3, -0.25) is 14.4 Å². The Morgan fingerprint density at radius 3 is 2.25 bits per heavy atom. The zero-order valence-electron chi connectivity index (χ0n) is 16.0. The predicted octanol–water partition coefficient (Wildman–Crippen LogP) is 2.03. The predicted molar refractivity (Wildman–Crippen MR) is 101 cm³/mol. The van der Waals surface area contributed by atoms with Gasteiger partial charge in [-0.2, -0.15) is 0 Å². The van der Waals surface area contributed by atoms with Gasteiger partial charge in [-0.25, -0.2) is 4.79 Å². The molecule has 0 spiro atoms. The number of carbonyl (C=O) groups is 4. The van der Waals surface area contributed by atoms with Gasteiger partial charge < -0.3 is 19.8 Å². The van der Waals surface area contributed by atoms with Crippen molar-refractivity contribution in [1.29, 1.82) is 0 Å². The van der Waals surface area contributed by atoms with Crippen LogP contribution in [0.5, 0.6) is 0 Å². The van der Waals surface area contributed by atoms with E-state index >= 15 is 0 Å². The van der Waals surface area contributed by atoms with E-state index in [0.29, 0.717) is 11.3 Å². The fourth-order valence-corrected chi connectivity index (χ4v) is 2.71. The van der Waals surface area contributed by atoms with Gasteiger partial charge in [-0.15, -0.1) is 0 Å². The summed E-state index contributed by atoms with van der Waals surface area (Å²) < 4.78 is 9.82. The van der Waals surface area contributed by atoms with Crippen LogP contribution in [0, 0.1) is 6.92 Å². The number of esters is 2. The van der Waals surface area contributed by atoms with Crippen molar-refractivity contribution in [1.82, 2.24) is 10.3 Å². The van der Waals surface area contributed by atoms with Crippen LogP contribution in [-0.4, -0.2) is 48.4 Å². The molecule has 0 saturated carbocycles. The quantitative estimate of drug-likeness (QED) is 0.408. The highest BCUT2D eigenvalue weighted by Gasteiger charge is 2.29. The Morgan fingerprint density at radius 2 is 1.64 bits per heavy atom. The minimum atomic E-state index is -0.984. The number of ketones is 1. The summed E-state index contributed by atoms with van der Waals surface area (Å²) in [5, 5.41) is 2.23. The van der Waals surface area contributed by atoms with Crippen molar-refractivity contribution in [2.24, 2.45) is 0 Å². The summed E-state index contributed by atoms with van der Waals surface area (Å²) in [5.74, 6) is -3.13. The van der Waals surface area contributed by atoms with Gasteiger partial charge in [0.2, 0.25) is 0 Å². The molecule has 8 heteroatoms.